The first-order valence-electron chi connectivity index (χ1n) is 3.90. The number of hydrogen-bond donors (Lipinski definition) is 2. The van der Waals surface area contributed by atoms with Crippen LogP contribution in [-0.2, 0) is 6.54 Å². The van der Waals surface area contributed by atoms with Crippen molar-refractivity contribution in [3.8, 4) is 0 Å². The van der Waals surface area contributed by atoms with Crippen molar-refractivity contribution in [2.75, 3.05) is 0 Å². The van der Waals surface area contributed by atoms with Crippen molar-refractivity contribution in [2.24, 2.45) is 0 Å². The second kappa shape index (κ2) is 2.58. The summed E-state index contributed by atoms with van der Waals surface area (Å²) in [6, 6.07) is 0. The zero-order valence-electron chi connectivity index (χ0n) is 7.00. The molecule has 0 amide bonds. The van der Waals surface area contributed by atoms with E-state index in [0.717, 1.165) is 0 Å². The Labute approximate surface area is 72.2 Å². The molecule has 0 fully saturated rings. The zero-order chi connectivity index (χ0) is 9.42. The molecular weight excluding hydrogens is 172 g/mol. The van der Waals surface area contributed by atoms with Crippen molar-refractivity contribution in [3.63, 3.8) is 0 Å². The molecule has 2 rings (SSSR count). The molecular formula is C7H8N4O2. The van der Waals surface area contributed by atoms with E-state index in [2.05, 4.69) is 15.2 Å². The third-order valence-corrected chi connectivity index (χ3v) is 1.90. The summed E-state index contributed by atoms with van der Waals surface area (Å²) in [5.74, 6) is 0. The van der Waals surface area contributed by atoms with Gasteiger partial charge in [-0.2, -0.15) is 0 Å². The second-order valence-corrected chi connectivity index (χ2v) is 2.64. The van der Waals surface area contributed by atoms with Gasteiger partial charge in [0.05, 0.1) is 6.33 Å². The lowest BCUT2D eigenvalue weighted by Crippen LogP contribution is -2.20. The SMILES string of the molecule is CCn1cnc2c(=O)[nH][nH]c(=O)c21. The van der Waals surface area contributed by atoms with Gasteiger partial charge in [0, 0.05) is 6.54 Å². The molecule has 0 aliphatic heterocycles. The number of imidazole rings is 1. The predicted octanol–water partition coefficient (Wildman–Crippen LogP) is -0.567. The van der Waals surface area contributed by atoms with E-state index in [1.54, 1.807) is 4.57 Å². The number of nitrogens with zero attached hydrogens (tertiary/aromatic N) is 2. The lowest BCUT2D eigenvalue weighted by Gasteiger charge is -1.95. The van der Waals surface area contributed by atoms with Crippen molar-refractivity contribution in [1.82, 2.24) is 19.7 Å². The summed E-state index contributed by atoms with van der Waals surface area (Å²) in [4.78, 5) is 26.3. The van der Waals surface area contributed by atoms with Gasteiger partial charge in [-0.1, -0.05) is 0 Å². The number of hydrogen-bond acceptors (Lipinski definition) is 3. The van der Waals surface area contributed by atoms with E-state index in [-0.39, 0.29) is 16.6 Å². The van der Waals surface area contributed by atoms with E-state index >= 15 is 0 Å². The quantitative estimate of drug-likeness (QED) is 0.616. The Morgan fingerprint density at radius 3 is 2.77 bits per heavy atom. The fraction of sp³-hybridized carbons (Fsp3) is 0.286. The molecule has 2 aromatic rings. The number of fused-ring (bicyclic) bond motifs is 1. The van der Waals surface area contributed by atoms with Crippen LogP contribution in [0.15, 0.2) is 15.9 Å². The van der Waals surface area contributed by atoms with Gasteiger partial charge in [0.25, 0.3) is 11.1 Å². The maximum absolute atomic E-state index is 11.3. The van der Waals surface area contributed by atoms with E-state index in [9.17, 15) is 9.59 Å². The monoisotopic (exact) mass is 180 g/mol. The van der Waals surface area contributed by atoms with Crippen molar-refractivity contribution in [1.29, 1.82) is 0 Å². The van der Waals surface area contributed by atoms with Gasteiger partial charge in [-0.25, -0.2) is 4.98 Å². The minimum Gasteiger partial charge on any atom is -0.326 e. The maximum atomic E-state index is 11.3. The lowest BCUT2D eigenvalue weighted by molar-refractivity contribution is 0.780. The van der Waals surface area contributed by atoms with Crippen LogP contribution in [0, 0.1) is 0 Å². The Hall–Kier alpha value is -1.85. The molecule has 0 aliphatic rings. The van der Waals surface area contributed by atoms with Gasteiger partial charge < -0.3 is 4.57 Å². The van der Waals surface area contributed by atoms with Crippen molar-refractivity contribution in [2.45, 2.75) is 13.5 Å². The van der Waals surface area contributed by atoms with E-state index in [1.807, 2.05) is 6.92 Å². The number of H-pyrrole nitrogens is 2. The Kier molecular flexibility index (Phi) is 1.54. The summed E-state index contributed by atoms with van der Waals surface area (Å²) in [7, 11) is 0. The number of nitrogens with one attached hydrogen (secondary N) is 2. The van der Waals surface area contributed by atoms with Gasteiger partial charge in [0.15, 0.2) is 5.52 Å². The molecule has 0 radical (unpaired) electrons. The third kappa shape index (κ3) is 0.986. The van der Waals surface area contributed by atoms with Crippen LogP contribution in [-0.4, -0.2) is 19.7 Å². The summed E-state index contributed by atoms with van der Waals surface area (Å²) in [5, 5.41) is 4.46. The molecule has 0 aromatic carbocycles. The van der Waals surface area contributed by atoms with Crippen LogP contribution in [0.4, 0.5) is 0 Å². The molecule has 0 atom stereocenters. The standard InChI is InChI=1S/C7H8N4O2/c1-2-11-3-8-4-5(11)7(13)10-9-6(4)12/h3H,2H2,1H3,(H,9,12)(H,10,13). The number of aromatic nitrogens is 4. The Bertz CT molecular complexity index is 547. The average Bonchev–Trinajstić information content (AvgIpc) is 2.56. The molecule has 0 saturated heterocycles. The first-order chi connectivity index (χ1) is 6.24. The molecule has 2 N–H and O–H groups in total. The Morgan fingerprint density at radius 1 is 1.38 bits per heavy atom. The van der Waals surface area contributed by atoms with Crippen molar-refractivity contribution in [3.05, 3.63) is 27.0 Å². The molecule has 6 heteroatoms. The summed E-state index contributed by atoms with van der Waals surface area (Å²) in [6.45, 7) is 2.49. The highest BCUT2D eigenvalue weighted by atomic mass is 16.1. The smallest absolute Gasteiger partial charge is 0.290 e. The zero-order valence-corrected chi connectivity index (χ0v) is 7.00. The molecule has 13 heavy (non-hydrogen) atoms. The van der Waals surface area contributed by atoms with Crippen LogP contribution in [0.1, 0.15) is 6.92 Å². The molecule has 0 bridgehead atoms. The van der Waals surface area contributed by atoms with Gasteiger partial charge in [-0.05, 0) is 6.92 Å². The van der Waals surface area contributed by atoms with Gasteiger partial charge >= 0.3 is 0 Å². The fourth-order valence-corrected chi connectivity index (χ4v) is 1.26. The van der Waals surface area contributed by atoms with Crippen LogP contribution in [0.5, 0.6) is 0 Å². The number of rotatable bonds is 1. The molecule has 6 nitrogen and oxygen atoms in total. The molecule has 0 unspecified atom stereocenters. The van der Waals surface area contributed by atoms with Gasteiger partial charge in [-0.3, -0.25) is 19.8 Å². The minimum atomic E-state index is -0.373. The fourth-order valence-electron chi connectivity index (χ4n) is 1.26. The molecule has 0 aliphatic carbocycles. The minimum absolute atomic E-state index is 0.186. The highest BCUT2D eigenvalue weighted by Gasteiger charge is 2.08. The van der Waals surface area contributed by atoms with Crippen molar-refractivity contribution >= 4 is 11.0 Å². The summed E-state index contributed by atoms with van der Waals surface area (Å²) >= 11 is 0. The molecule has 2 aromatic heterocycles. The van der Waals surface area contributed by atoms with Gasteiger partial charge in [0.1, 0.15) is 5.52 Å². The average molecular weight is 180 g/mol. The van der Waals surface area contributed by atoms with E-state index < -0.39 is 0 Å². The maximum Gasteiger partial charge on any atom is 0.290 e. The van der Waals surface area contributed by atoms with E-state index in [4.69, 9.17) is 0 Å². The number of aryl methyl sites for hydroxylation is 1. The Morgan fingerprint density at radius 2 is 2.08 bits per heavy atom. The Balaban J connectivity index is 3.04. The molecule has 68 valence electrons. The highest BCUT2D eigenvalue weighted by molar-refractivity contribution is 5.72. The molecule has 0 saturated carbocycles. The first-order valence-corrected chi connectivity index (χ1v) is 3.90. The second-order valence-electron chi connectivity index (χ2n) is 2.64. The largest absolute Gasteiger partial charge is 0.326 e. The van der Waals surface area contributed by atoms with Gasteiger partial charge in [0.2, 0.25) is 0 Å². The summed E-state index contributed by atoms with van der Waals surface area (Å²) in [6.07, 6.45) is 1.48. The highest BCUT2D eigenvalue weighted by Crippen LogP contribution is 2.00. The lowest BCUT2D eigenvalue weighted by atomic mass is 10.4. The molecule has 2 heterocycles. The van der Waals surface area contributed by atoms with E-state index in [1.165, 1.54) is 6.33 Å². The van der Waals surface area contributed by atoms with Crippen LogP contribution < -0.4 is 11.1 Å². The predicted molar refractivity (Wildman–Crippen MR) is 46.6 cm³/mol. The van der Waals surface area contributed by atoms with Crippen molar-refractivity contribution < 1.29 is 0 Å². The summed E-state index contributed by atoms with van der Waals surface area (Å²) < 4.78 is 1.63. The third-order valence-electron chi connectivity index (χ3n) is 1.90. The van der Waals surface area contributed by atoms with Crippen LogP contribution in [0.2, 0.25) is 0 Å². The molecule has 0 spiro atoms. The summed E-state index contributed by atoms with van der Waals surface area (Å²) in [5.41, 5.74) is -0.187. The normalized spacial score (nSPS) is 10.8. The number of aromatic amines is 2. The topological polar surface area (TPSA) is 83.5 Å². The first kappa shape index (κ1) is 7.78. The van der Waals surface area contributed by atoms with Gasteiger partial charge in [-0.15, -0.1) is 0 Å². The van der Waals surface area contributed by atoms with E-state index in [0.29, 0.717) is 12.1 Å². The van der Waals surface area contributed by atoms with Crippen LogP contribution >= 0.6 is 0 Å². The van der Waals surface area contributed by atoms with Crippen LogP contribution in [0.3, 0.4) is 0 Å². The van der Waals surface area contributed by atoms with Crippen LogP contribution in [0.25, 0.3) is 11.0 Å².